The summed E-state index contributed by atoms with van der Waals surface area (Å²) >= 11 is 0. The molecule has 0 saturated heterocycles. The molecule has 0 amide bonds. The van der Waals surface area contributed by atoms with E-state index in [2.05, 4.69) is 0 Å². The van der Waals surface area contributed by atoms with Crippen LogP contribution in [0.5, 0.6) is 0 Å². The Balaban J connectivity index is 1.75. The van der Waals surface area contributed by atoms with Crippen molar-refractivity contribution in [1.29, 1.82) is 0 Å². The minimum atomic E-state index is 0.325. The number of hydrogen-bond donors (Lipinski definition) is 0. The van der Waals surface area contributed by atoms with E-state index in [9.17, 15) is 9.59 Å². The fourth-order valence-corrected chi connectivity index (χ4v) is 7.64. The summed E-state index contributed by atoms with van der Waals surface area (Å²) in [5.74, 6) is 6.62. The van der Waals surface area contributed by atoms with Crippen LogP contribution in [0.1, 0.15) is 12.8 Å². The van der Waals surface area contributed by atoms with Gasteiger partial charge in [0.15, 0.2) is 0 Å². The van der Waals surface area contributed by atoms with Crippen molar-refractivity contribution < 1.29 is 9.59 Å². The first-order chi connectivity index (χ1) is 7.79. The van der Waals surface area contributed by atoms with Crippen LogP contribution in [0.2, 0.25) is 0 Å². The fraction of sp³-hybridized carbons (Fsp3) is 0.857. The molecule has 0 radical (unpaired) electrons. The van der Waals surface area contributed by atoms with Gasteiger partial charge in [-0.25, -0.2) is 0 Å². The standard InChI is InChI=1S/C14H14O2/c15-13-5-2-6-10-8-3-1-4(12(8)14(6)16)11(13)7(3)9(5)10/h3-12H,1-2H2/t3?,4?,5-,6+,7+,8-,9?,10?,11+,12-. The predicted octanol–water partition coefficient (Wildman–Crippen LogP) is 1.15. The van der Waals surface area contributed by atoms with Gasteiger partial charge < -0.3 is 0 Å². The molecule has 2 nitrogen and oxygen atoms in total. The minimum absolute atomic E-state index is 0.325. The Morgan fingerprint density at radius 2 is 1.25 bits per heavy atom. The van der Waals surface area contributed by atoms with Crippen LogP contribution in [0.15, 0.2) is 0 Å². The Hall–Kier alpha value is -0.660. The molecule has 4 unspecified atom stereocenters. The predicted molar refractivity (Wildman–Crippen MR) is 54.1 cm³/mol. The van der Waals surface area contributed by atoms with Gasteiger partial charge in [0.25, 0.3) is 0 Å². The summed E-state index contributed by atoms with van der Waals surface area (Å²) in [4.78, 5) is 24.9. The highest BCUT2D eigenvalue weighted by molar-refractivity contribution is 5.97. The summed E-state index contributed by atoms with van der Waals surface area (Å²) < 4.78 is 0. The molecule has 2 bridgehead atoms. The van der Waals surface area contributed by atoms with E-state index >= 15 is 0 Å². The number of carbonyl (C=O) groups excluding carboxylic acids is 2. The van der Waals surface area contributed by atoms with Crippen molar-refractivity contribution in [2.75, 3.05) is 0 Å². The fourth-order valence-electron chi connectivity index (χ4n) is 7.64. The van der Waals surface area contributed by atoms with E-state index < -0.39 is 0 Å². The Morgan fingerprint density at radius 3 is 1.81 bits per heavy atom. The average Bonchev–Trinajstić information content (AvgIpc) is 2.92. The molecule has 6 fully saturated rings. The molecule has 0 N–H and O–H groups in total. The van der Waals surface area contributed by atoms with Crippen LogP contribution >= 0.6 is 0 Å². The Kier molecular flexibility index (Phi) is 0.872. The second kappa shape index (κ2) is 1.83. The minimum Gasteiger partial charge on any atom is -0.299 e. The smallest absolute Gasteiger partial charge is 0.139 e. The van der Waals surface area contributed by atoms with Crippen LogP contribution in [0.4, 0.5) is 0 Å². The Morgan fingerprint density at radius 1 is 0.688 bits per heavy atom. The zero-order valence-electron chi connectivity index (χ0n) is 9.00. The molecule has 16 heavy (non-hydrogen) atoms. The lowest BCUT2D eigenvalue weighted by Crippen LogP contribution is -2.36. The van der Waals surface area contributed by atoms with Crippen LogP contribution in [0.25, 0.3) is 0 Å². The lowest BCUT2D eigenvalue weighted by molar-refractivity contribution is -0.133. The number of fused-ring (bicyclic) bond motifs is 3. The zero-order chi connectivity index (χ0) is 10.3. The van der Waals surface area contributed by atoms with E-state index in [1.165, 1.54) is 6.42 Å². The van der Waals surface area contributed by atoms with E-state index in [1.807, 2.05) is 0 Å². The van der Waals surface area contributed by atoms with E-state index in [4.69, 9.17) is 0 Å². The lowest BCUT2D eigenvalue weighted by Gasteiger charge is -2.30. The van der Waals surface area contributed by atoms with Crippen molar-refractivity contribution in [1.82, 2.24) is 0 Å². The Labute approximate surface area is 93.8 Å². The molecule has 0 spiro atoms. The molecule has 6 saturated carbocycles. The molecule has 2 heteroatoms. The molecule has 0 aromatic carbocycles. The van der Waals surface area contributed by atoms with Gasteiger partial charge >= 0.3 is 0 Å². The van der Waals surface area contributed by atoms with Gasteiger partial charge in [-0.3, -0.25) is 9.59 Å². The van der Waals surface area contributed by atoms with Crippen molar-refractivity contribution >= 4 is 11.6 Å². The molecule has 6 aliphatic rings. The number of rotatable bonds is 0. The van der Waals surface area contributed by atoms with Gasteiger partial charge in [-0.1, -0.05) is 0 Å². The average molecular weight is 214 g/mol. The number of hydrogen-bond acceptors (Lipinski definition) is 2. The van der Waals surface area contributed by atoms with E-state index in [-0.39, 0.29) is 0 Å². The maximum absolute atomic E-state index is 12.4. The van der Waals surface area contributed by atoms with Gasteiger partial charge in [0.05, 0.1) is 0 Å². The third kappa shape index (κ3) is 0.448. The number of Topliss-reactive ketones (excluding diaryl/α,β-unsaturated/α-hetero) is 2. The number of carbonyl (C=O) groups is 2. The van der Waals surface area contributed by atoms with Gasteiger partial charge in [-0.2, -0.15) is 0 Å². The van der Waals surface area contributed by atoms with Crippen molar-refractivity contribution in [3.05, 3.63) is 0 Å². The summed E-state index contributed by atoms with van der Waals surface area (Å²) in [6, 6.07) is 0. The third-order valence-corrected chi connectivity index (χ3v) is 7.44. The summed E-state index contributed by atoms with van der Waals surface area (Å²) in [6.45, 7) is 0. The molecule has 6 rings (SSSR count). The van der Waals surface area contributed by atoms with Crippen LogP contribution in [-0.4, -0.2) is 11.6 Å². The van der Waals surface area contributed by atoms with Crippen molar-refractivity contribution in [2.45, 2.75) is 12.8 Å². The SMILES string of the molecule is O=C1[C@H]2C[C@H]3C(=O)[C@H]4C5CC6[C@H](C2C3[C@H]64)[C@H]15. The normalized spacial score (nSPS) is 75.2. The maximum Gasteiger partial charge on any atom is 0.139 e. The van der Waals surface area contributed by atoms with Crippen molar-refractivity contribution in [3.63, 3.8) is 0 Å². The van der Waals surface area contributed by atoms with Gasteiger partial charge in [-0.05, 0) is 48.3 Å². The molecule has 0 aromatic heterocycles. The van der Waals surface area contributed by atoms with Gasteiger partial charge in [0.1, 0.15) is 11.6 Å². The van der Waals surface area contributed by atoms with E-state index in [0.29, 0.717) is 53.0 Å². The lowest BCUT2D eigenvalue weighted by atomic mass is 9.72. The van der Waals surface area contributed by atoms with Crippen molar-refractivity contribution in [2.24, 2.45) is 59.2 Å². The molecule has 82 valence electrons. The monoisotopic (exact) mass is 214 g/mol. The number of ketones is 2. The van der Waals surface area contributed by atoms with Crippen molar-refractivity contribution in [3.8, 4) is 0 Å². The van der Waals surface area contributed by atoms with Gasteiger partial charge in [0, 0.05) is 23.7 Å². The van der Waals surface area contributed by atoms with E-state index in [1.54, 1.807) is 0 Å². The zero-order valence-corrected chi connectivity index (χ0v) is 9.00. The molecule has 6 aliphatic carbocycles. The summed E-state index contributed by atoms with van der Waals surface area (Å²) in [5.41, 5.74) is 0. The summed E-state index contributed by atoms with van der Waals surface area (Å²) in [5, 5.41) is 0. The highest BCUT2D eigenvalue weighted by Crippen LogP contribution is 2.81. The molecule has 0 aliphatic heterocycles. The maximum atomic E-state index is 12.4. The highest BCUT2D eigenvalue weighted by atomic mass is 16.1. The largest absolute Gasteiger partial charge is 0.299 e. The first-order valence-corrected chi connectivity index (χ1v) is 6.86. The van der Waals surface area contributed by atoms with Gasteiger partial charge in [0.2, 0.25) is 0 Å². The molecule has 0 aromatic rings. The molecular formula is C14H14O2. The van der Waals surface area contributed by atoms with E-state index in [0.717, 1.165) is 24.2 Å². The quantitative estimate of drug-likeness (QED) is 0.606. The van der Waals surface area contributed by atoms with Crippen LogP contribution in [-0.2, 0) is 9.59 Å². The second-order valence-corrected chi connectivity index (χ2v) is 7.18. The first kappa shape index (κ1) is 7.62. The Bertz CT molecular complexity index is 441. The summed E-state index contributed by atoms with van der Waals surface area (Å²) in [6.07, 6.45) is 2.18. The topological polar surface area (TPSA) is 34.1 Å². The molecule has 10 atom stereocenters. The highest BCUT2D eigenvalue weighted by Gasteiger charge is 2.82. The summed E-state index contributed by atoms with van der Waals surface area (Å²) in [7, 11) is 0. The van der Waals surface area contributed by atoms with Crippen LogP contribution in [0.3, 0.4) is 0 Å². The van der Waals surface area contributed by atoms with Crippen LogP contribution in [0, 0.1) is 59.2 Å². The molecule has 0 heterocycles. The second-order valence-electron chi connectivity index (χ2n) is 7.18. The first-order valence-electron chi connectivity index (χ1n) is 6.86. The third-order valence-electron chi connectivity index (χ3n) is 7.44. The van der Waals surface area contributed by atoms with Crippen LogP contribution < -0.4 is 0 Å². The van der Waals surface area contributed by atoms with Gasteiger partial charge in [-0.15, -0.1) is 0 Å². The molecular weight excluding hydrogens is 200 g/mol.